The Morgan fingerprint density at radius 2 is 1.87 bits per heavy atom. The van der Waals surface area contributed by atoms with Gasteiger partial charge in [0.25, 0.3) is 5.56 Å². The Morgan fingerprint density at radius 3 is 2.52 bits per heavy atom. The van der Waals surface area contributed by atoms with Gasteiger partial charge in [-0.25, -0.2) is 9.59 Å². The van der Waals surface area contributed by atoms with E-state index < -0.39 is 11.7 Å². The molecule has 23 heavy (non-hydrogen) atoms. The van der Waals surface area contributed by atoms with Crippen LogP contribution in [0, 0.1) is 6.92 Å². The monoisotopic (exact) mass is 314 g/mol. The molecule has 0 amide bonds. The van der Waals surface area contributed by atoms with Crippen LogP contribution in [0.4, 0.5) is 0 Å². The molecular weight excluding hydrogens is 296 g/mol. The third-order valence-corrected chi connectivity index (χ3v) is 3.42. The molecule has 2 aromatic rings. The van der Waals surface area contributed by atoms with Gasteiger partial charge in [-0.1, -0.05) is 30.3 Å². The number of allylic oxidation sites excluding steroid dienone is 1. The maximum atomic E-state index is 11.7. The second-order valence-electron chi connectivity index (χ2n) is 5.30. The number of aliphatic carboxylic acids is 1. The van der Waals surface area contributed by atoms with E-state index >= 15 is 0 Å². The number of hydrogen-bond acceptors (Lipinski definition) is 3. The Bertz CT molecular complexity index is 829. The Morgan fingerprint density at radius 1 is 1.22 bits per heavy atom. The number of carbonyl (C=O) groups is 1. The Kier molecular flexibility index (Phi) is 5.30. The highest BCUT2D eigenvalue weighted by molar-refractivity contribution is 5.79. The van der Waals surface area contributed by atoms with Gasteiger partial charge in [-0.2, -0.15) is 0 Å². The van der Waals surface area contributed by atoms with Crippen LogP contribution in [0.15, 0.2) is 52.2 Å². The normalized spacial score (nSPS) is 11.0. The number of hydrogen-bond donors (Lipinski definition) is 2. The van der Waals surface area contributed by atoms with E-state index in [2.05, 4.69) is 4.98 Å². The largest absolute Gasteiger partial charge is 0.478 e. The summed E-state index contributed by atoms with van der Waals surface area (Å²) in [5, 5.41) is 8.51. The average molecular weight is 314 g/mol. The zero-order valence-corrected chi connectivity index (χ0v) is 12.8. The first-order chi connectivity index (χ1) is 11.0. The number of carboxylic acids is 1. The van der Waals surface area contributed by atoms with E-state index in [0.29, 0.717) is 18.5 Å². The lowest BCUT2D eigenvalue weighted by Crippen LogP contribution is -2.31. The number of nitrogens with zero attached hydrogens (tertiary/aromatic N) is 1. The van der Waals surface area contributed by atoms with Crippen molar-refractivity contribution in [2.24, 2.45) is 0 Å². The van der Waals surface area contributed by atoms with Gasteiger partial charge in [-0.3, -0.25) is 14.3 Å². The first-order valence-corrected chi connectivity index (χ1v) is 7.23. The van der Waals surface area contributed by atoms with Crippen molar-refractivity contribution >= 4 is 5.97 Å². The zero-order chi connectivity index (χ0) is 16.8. The van der Waals surface area contributed by atoms with Crippen LogP contribution < -0.4 is 11.2 Å². The SMILES string of the molecule is Cc1cn(Cc2ccc(CCC=CC(=O)O)cc2)c(=O)[nH]c1=O. The molecule has 120 valence electrons. The number of nitrogens with one attached hydrogen (secondary N) is 1. The molecule has 0 spiro atoms. The van der Waals surface area contributed by atoms with Crippen molar-refractivity contribution in [3.8, 4) is 0 Å². The molecule has 0 aliphatic rings. The maximum Gasteiger partial charge on any atom is 0.328 e. The molecule has 1 heterocycles. The number of carboxylic acid groups (broad SMARTS) is 1. The number of benzene rings is 1. The van der Waals surface area contributed by atoms with Crippen molar-refractivity contribution in [3.05, 3.63) is 80.1 Å². The molecule has 2 rings (SSSR count). The predicted molar refractivity (Wildman–Crippen MR) is 86.7 cm³/mol. The van der Waals surface area contributed by atoms with E-state index in [4.69, 9.17) is 5.11 Å². The summed E-state index contributed by atoms with van der Waals surface area (Å²) in [5.41, 5.74) is 1.74. The second-order valence-corrected chi connectivity index (χ2v) is 5.30. The molecule has 0 saturated heterocycles. The van der Waals surface area contributed by atoms with E-state index in [1.54, 1.807) is 19.2 Å². The smallest absolute Gasteiger partial charge is 0.328 e. The van der Waals surface area contributed by atoms with Gasteiger partial charge in [0.1, 0.15) is 0 Å². The molecule has 0 aliphatic heterocycles. The first kappa shape index (κ1) is 16.5. The van der Waals surface area contributed by atoms with Crippen molar-refractivity contribution in [2.75, 3.05) is 0 Å². The molecule has 1 aromatic carbocycles. The number of aromatic amines is 1. The van der Waals surface area contributed by atoms with Crippen molar-refractivity contribution in [3.63, 3.8) is 0 Å². The minimum Gasteiger partial charge on any atom is -0.478 e. The Hall–Kier alpha value is -2.89. The lowest BCUT2D eigenvalue weighted by Gasteiger charge is -2.07. The molecule has 0 atom stereocenters. The fourth-order valence-electron chi connectivity index (χ4n) is 2.18. The summed E-state index contributed by atoms with van der Waals surface area (Å²) in [6, 6.07) is 7.74. The number of aryl methyl sites for hydroxylation is 2. The summed E-state index contributed by atoms with van der Waals surface area (Å²) >= 11 is 0. The van der Waals surface area contributed by atoms with Gasteiger partial charge in [0.15, 0.2) is 0 Å². The molecule has 0 fully saturated rings. The predicted octanol–water partition coefficient (Wildman–Crippen LogP) is 1.47. The van der Waals surface area contributed by atoms with Crippen LogP contribution in [0.2, 0.25) is 0 Å². The Balaban J connectivity index is 2.03. The van der Waals surface area contributed by atoms with E-state index in [-0.39, 0.29) is 5.56 Å². The second kappa shape index (κ2) is 7.40. The molecule has 6 heteroatoms. The first-order valence-electron chi connectivity index (χ1n) is 7.23. The van der Waals surface area contributed by atoms with E-state index in [0.717, 1.165) is 23.6 Å². The summed E-state index contributed by atoms with van der Waals surface area (Å²) in [6.07, 6.45) is 5.72. The van der Waals surface area contributed by atoms with E-state index in [9.17, 15) is 14.4 Å². The molecule has 1 aromatic heterocycles. The fourth-order valence-corrected chi connectivity index (χ4v) is 2.18. The summed E-state index contributed by atoms with van der Waals surface area (Å²) < 4.78 is 1.46. The molecule has 0 saturated carbocycles. The van der Waals surface area contributed by atoms with Gasteiger partial charge in [-0.15, -0.1) is 0 Å². The lowest BCUT2D eigenvalue weighted by molar-refractivity contribution is -0.131. The Labute approximate surface area is 132 Å². The fraction of sp³-hybridized carbons (Fsp3) is 0.235. The van der Waals surface area contributed by atoms with Crippen molar-refractivity contribution in [1.29, 1.82) is 0 Å². The number of aromatic nitrogens is 2. The van der Waals surface area contributed by atoms with Crippen LogP contribution >= 0.6 is 0 Å². The highest BCUT2D eigenvalue weighted by atomic mass is 16.4. The molecule has 0 unspecified atom stereocenters. The van der Waals surface area contributed by atoms with E-state index in [1.807, 2.05) is 24.3 Å². The summed E-state index contributed by atoms with van der Waals surface area (Å²) in [6.45, 7) is 2.04. The van der Waals surface area contributed by atoms with Gasteiger partial charge in [0.05, 0.1) is 6.54 Å². The topological polar surface area (TPSA) is 92.2 Å². The van der Waals surface area contributed by atoms with Crippen molar-refractivity contribution in [2.45, 2.75) is 26.3 Å². The minimum absolute atomic E-state index is 0.365. The third-order valence-electron chi connectivity index (χ3n) is 3.42. The van der Waals surface area contributed by atoms with Crippen molar-refractivity contribution < 1.29 is 9.90 Å². The highest BCUT2D eigenvalue weighted by Crippen LogP contribution is 2.08. The quantitative estimate of drug-likeness (QED) is 0.790. The summed E-state index contributed by atoms with van der Waals surface area (Å²) in [7, 11) is 0. The van der Waals surface area contributed by atoms with Crippen LogP contribution in [-0.4, -0.2) is 20.6 Å². The van der Waals surface area contributed by atoms with Gasteiger partial charge < -0.3 is 5.11 Å². The summed E-state index contributed by atoms with van der Waals surface area (Å²) in [5.74, 6) is -0.943. The van der Waals surface area contributed by atoms with Gasteiger partial charge in [0.2, 0.25) is 0 Å². The highest BCUT2D eigenvalue weighted by Gasteiger charge is 2.02. The van der Waals surface area contributed by atoms with Gasteiger partial charge >= 0.3 is 11.7 Å². The molecule has 6 nitrogen and oxygen atoms in total. The van der Waals surface area contributed by atoms with Crippen molar-refractivity contribution in [1.82, 2.24) is 9.55 Å². The standard InChI is InChI=1S/C17H18N2O4/c1-12-10-19(17(23)18-16(12)22)11-14-8-6-13(7-9-14)4-2-3-5-15(20)21/h3,5-10H,2,4,11H2,1H3,(H,20,21)(H,18,22,23). The van der Waals surface area contributed by atoms with Gasteiger partial charge in [-0.05, 0) is 30.9 Å². The van der Waals surface area contributed by atoms with E-state index in [1.165, 1.54) is 4.57 Å². The zero-order valence-electron chi connectivity index (χ0n) is 12.8. The third kappa shape index (κ3) is 4.81. The van der Waals surface area contributed by atoms with Crippen LogP contribution in [-0.2, 0) is 17.8 Å². The lowest BCUT2D eigenvalue weighted by atomic mass is 10.1. The summed E-state index contributed by atoms with van der Waals surface area (Å²) in [4.78, 5) is 35.7. The van der Waals surface area contributed by atoms with Crippen LogP contribution in [0.1, 0.15) is 23.1 Å². The van der Waals surface area contributed by atoms with Gasteiger partial charge in [0, 0.05) is 17.8 Å². The molecule has 2 N–H and O–H groups in total. The molecule has 0 aliphatic carbocycles. The minimum atomic E-state index is -0.943. The van der Waals surface area contributed by atoms with Crippen LogP contribution in [0.3, 0.4) is 0 Å². The number of H-pyrrole nitrogens is 1. The number of rotatable bonds is 6. The molecule has 0 bridgehead atoms. The van der Waals surface area contributed by atoms with Crippen LogP contribution in [0.25, 0.3) is 0 Å². The average Bonchev–Trinajstić information content (AvgIpc) is 2.50. The maximum absolute atomic E-state index is 11.7. The molecule has 0 radical (unpaired) electrons. The van der Waals surface area contributed by atoms with Crippen LogP contribution in [0.5, 0.6) is 0 Å². The molecular formula is C17H18N2O4.